The number of carbonyl (C=O) groups is 3. The lowest BCUT2D eigenvalue weighted by Gasteiger charge is -2.48. The normalized spacial score (nSPS) is 19.4. The van der Waals surface area contributed by atoms with Crippen molar-refractivity contribution < 1.29 is 32.8 Å². The van der Waals surface area contributed by atoms with Crippen molar-refractivity contribution >= 4 is 58.2 Å². The zero-order valence-electron chi connectivity index (χ0n) is 30.5. The number of hydrogen-bond acceptors (Lipinski definition) is 7. The van der Waals surface area contributed by atoms with Crippen LogP contribution in [-0.4, -0.2) is 70.5 Å². The first-order valence-corrected chi connectivity index (χ1v) is 18.8. The quantitative estimate of drug-likeness (QED) is 0.199. The Morgan fingerprint density at radius 3 is 2.18 bits per heavy atom. The zero-order chi connectivity index (χ0) is 38.4. The number of piperidine rings is 1. The van der Waals surface area contributed by atoms with Crippen LogP contribution in [-0.2, 0) is 20.4 Å². The van der Waals surface area contributed by atoms with Gasteiger partial charge in [-0.3, -0.25) is 13.8 Å². The number of nitrogens with zero attached hydrogens (tertiary/aromatic N) is 1. The van der Waals surface area contributed by atoms with Crippen LogP contribution < -0.4 is 10.1 Å². The monoisotopic (exact) mass is 764 g/mol. The number of aliphatic hydroxyl groups is 1. The number of hydrogen-bond donors (Lipinski definition) is 2. The maximum atomic E-state index is 14.2. The molecule has 2 N–H and O–H groups in total. The van der Waals surface area contributed by atoms with Crippen molar-refractivity contribution in [2.24, 2.45) is 11.3 Å². The van der Waals surface area contributed by atoms with Crippen LogP contribution >= 0.6 is 23.2 Å². The molecule has 51 heavy (non-hydrogen) atoms. The highest BCUT2D eigenvalue weighted by Gasteiger charge is 2.50. The summed E-state index contributed by atoms with van der Waals surface area (Å²) in [5, 5.41) is 10.8. The lowest BCUT2D eigenvalue weighted by molar-refractivity contribution is -0.154. The fourth-order valence-electron chi connectivity index (χ4n) is 5.66. The third kappa shape index (κ3) is 12.7. The predicted molar refractivity (Wildman–Crippen MR) is 206 cm³/mol. The Morgan fingerprint density at radius 2 is 1.71 bits per heavy atom. The molecule has 1 amide bonds. The maximum Gasteiger partial charge on any atom is 0.229 e. The molecule has 2 fully saturated rings. The summed E-state index contributed by atoms with van der Waals surface area (Å²) in [6.45, 7) is 7.65. The molecule has 1 aliphatic heterocycles. The molecule has 280 valence electrons. The summed E-state index contributed by atoms with van der Waals surface area (Å²) < 4.78 is 31.9. The predicted octanol–water partition coefficient (Wildman–Crippen LogP) is 8.56. The fourth-order valence-corrected chi connectivity index (χ4v) is 7.17. The van der Waals surface area contributed by atoms with Crippen molar-refractivity contribution in [3.63, 3.8) is 0 Å². The number of benzene rings is 3. The molecule has 3 aromatic carbocycles. The van der Waals surface area contributed by atoms with E-state index >= 15 is 0 Å². The zero-order valence-corrected chi connectivity index (χ0v) is 32.8. The largest absolute Gasteiger partial charge is 0.496 e. The van der Waals surface area contributed by atoms with Crippen LogP contribution in [0.4, 0.5) is 10.1 Å². The number of methoxy groups -OCH3 is 1. The number of carbonyl (C=O) groups excluding carboxylic acids is 3. The van der Waals surface area contributed by atoms with Gasteiger partial charge in [0.15, 0.2) is 6.29 Å². The van der Waals surface area contributed by atoms with E-state index in [1.165, 1.54) is 12.1 Å². The van der Waals surface area contributed by atoms with Gasteiger partial charge in [-0.25, -0.2) is 4.39 Å². The van der Waals surface area contributed by atoms with E-state index in [1.807, 2.05) is 76.0 Å². The first-order valence-electron chi connectivity index (χ1n) is 16.7. The van der Waals surface area contributed by atoms with Gasteiger partial charge in [-0.1, -0.05) is 54.4 Å². The lowest BCUT2D eigenvalue weighted by atomic mass is 9.74. The number of aldehydes is 2. The number of amides is 1. The van der Waals surface area contributed by atoms with Crippen LogP contribution in [0.2, 0.25) is 10.0 Å². The highest BCUT2D eigenvalue weighted by atomic mass is 35.5. The van der Waals surface area contributed by atoms with Crippen LogP contribution in [0.15, 0.2) is 66.7 Å². The molecule has 4 atom stereocenters. The first-order chi connectivity index (χ1) is 24.2. The summed E-state index contributed by atoms with van der Waals surface area (Å²) in [6.07, 6.45) is 4.89. The summed E-state index contributed by atoms with van der Waals surface area (Å²) in [7, 11) is 3.23. The average Bonchev–Trinajstić information content (AvgIpc) is 3.97. The standard InChI is InChI=1S/C23H31ClFNO3S.C9H11NO2.C6H5Cl.CH4O/c1-22(2,3)30(29)14-20(15-5-6-15)26-19(16-7-8-17(24)18(25)13-16)9-10-23(4,11-12-27)21(26)28;1-10-8-4-3-7(6-11)9(5-8)12-2;7-6-4-2-1-3-5-6;1-2/h7-8,12-13,15,19-20H,5-6,9-11,14H2,1-4H3;3-6,10H,1-2H3;1-5H;2H,1H3/t19?,20?,23-,30?;;;/m1.../s1. The van der Waals surface area contributed by atoms with E-state index in [1.54, 1.807) is 25.3 Å². The second-order valence-electron chi connectivity index (χ2n) is 13.5. The van der Waals surface area contributed by atoms with Crippen molar-refractivity contribution in [1.82, 2.24) is 4.90 Å². The van der Waals surface area contributed by atoms with Crippen LogP contribution in [0.25, 0.3) is 0 Å². The summed E-state index contributed by atoms with van der Waals surface area (Å²) >= 11 is 11.4. The molecule has 1 saturated carbocycles. The Bertz CT molecular complexity index is 1600. The average molecular weight is 766 g/mol. The van der Waals surface area contributed by atoms with E-state index in [4.69, 9.17) is 33.0 Å². The van der Waals surface area contributed by atoms with Crippen LogP contribution in [0.3, 0.4) is 0 Å². The van der Waals surface area contributed by atoms with E-state index in [0.717, 1.165) is 43.2 Å². The Balaban J connectivity index is 0.000000349. The smallest absolute Gasteiger partial charge is 0.229 e. The highest BCUT2D eigenvalue weighted by Crippen LogP contribution is 2.48. The van der Waals surface area contributed by atoms with Crippen molar-refractivity contribution in [2.45, 2.75) is 76.6 Å². The Kier molecular flexibility index (Phi) is 17.8. The maximum absolute atomic E-state index is 14.2. The van der Waals surface area contributed by atoms with Crippen molar-refractivity contribution in [3.8, 4) is 5.75 Å². The lowest BCUT2D eigenvalue weighted by Crippen LogP contribution is -2.56. The molecule has 3 aromatic rings. The number of nitrogens with one attached hydrogen (secondary N) is 1. The van der Waals surface area contributed by atoms with Crippen molar-refractivity contribution in [2.75, 3.05) is 32.3 Å². The molecule has 3 unspecified atom stereocenters. The molecule has 0 radical (unpaired) electrons. The fraction of sp³-hybridized carbons (Fsp3) is 0.462. The summed E-state index contributed by atoms with van der Waals surface area (Å²) in [5.74, 6) is 0.673. The van der Waals surface area contributed by atoms with E-state index in [0.29, 0.717) is 41.4 Å². The van der Waals surface area contributed by atoms with E-state index < -0.39 is 22.0 Å². The molecule has 0 bridgehead atoms. The molecule has 0 spiro atoms. The summed E-state index contributed by atoms with van der Waals surface area (Å²) in [6, 6.07) is 19.0. The van der Waals surface area contributed by atoms with E-state index in [-0.39, 0.29) is 34.2 Å². The molecule has 1 heterocycles. The van der Waals surface area contributed by atoms with Gasteiger partial charge in [0.2, 0.25) is 5.91 Å². The number of ether oxygens (including phenoxy) is 1. The molecule has 1 saturated heterocycles. The van der Waals surface area contributed by atoms with Gasteiger partial charge >= 0.3 is 0 Å². The van der Waals surface area contributed by atoms with Crippen molar-refractivity contribution in [1.29, 1.82) is 0 Å². The van der Waals surface area contributed by atoms with Crippen LogP contribution in [0, 0.1) is 17.2 Å². The third-order valence-corrected chi connectivity index (χ3v) is 11.4. The Morgan fingerprint density at radius 1 is 1.06 bits per heavy atom. The van der Waals surface area contributed by atoms with Crippen LogP contribution in [0.5, 0.6) is 5.75 Å². The number of anilines is 1. The molecular formula is C39H51Cl2FN2O6S. The van der Waals surface area contributed by atoms with Gasteiger partial charge < -0.3 is 24.9 Å². The Hall–Kier alpha value is -3.31. The van der Waals surface area contributed by atoms with Gasteiger partial charge in [-0.05, 0) is 94.3 Å². The molecule has 12 heteroatoms. The SMILES string of the molecule is CC(C)(C)S(=O)CC(C1CC1)N1C(=O)[C@@](C)(CC=O)CCC1c1ccc(Cl)c(F)c1.CNc1ccc(C=O)c(OC)c1.CO.Clc1ccccc1. The summed E-state index contributed by atoms with van der Waals surface area (Å²) in [4.78, 5) is 37.4. The molecule has 2 aliphatic rings. The molecule has 5 rings (SSSR count). The molecule has 0 aromatic heterocycles. The van der Waals surface area contributed by atoms with Gasteiger partial charge in [0.1, 0.15) is 17.9 Å². The number of likely N-dealkylation sites (tertiary alicyclic amines) is 1. The second-order valence-corrected chi connectivity index (χ2v) is 16.6. The van der Waals surface area contributed by atoms with Gasteiger partial charge in [-0.2, -0.15) is 0 Å². The van der Waals surface area contributed by atoms with E-state index in [2.05, 4.69) is 5.32 Å². The van der Waals surface area contributed by atoms with E-state index in [9.17, 15) is 23.0 Å². The minimum Gasteiger partial charge on any atom is -0.496 e. The molecule has 8 nitrogen and oxygen atoms in total. The van der Waals surface area contributed by atoms with Gasteiger partial charge in [0, 0.05) is 64.7 Å². The van der Waals surface area contributed by atoms with Gasteiger partial charge in [-0.15, -0.1) is 0 Å². The minimum atomic E-state index is -1.13. The van der Waals surface area contributed by atoms with Crippen molar-refractivity contribution in [3.05, 3.63) is 93.7 Å². The van der Waals surface area contributed by atoms with Gasteiger partial charge in [0.25, 0.3) is 0 Å². The first kappa shape index (κ1) is 43.9. The second kappa shape index (κ2) is 20.7. The van der Waals surface area contributed by atoms with Crippen LogP contribution in [0.1, 0.15) is 81.8 Å². The topological polar surface area (TPSA) is 113 Å². The number of rotatable bonds is 10. The number of aliphatic hydroxyl groups excluding tert-OH is 1. The van der Waals surface area contributed by atoms with Gasteiger partial charge in [0.05, 0.1) is 29.2 Å². The molecule has 1 aliphatic carbocycles. The molecular weight excluding hydrogens is 714 g/mol. The Labute approximate surface area is 314 Å². The minimum absolute atomic E-state index is 0.0470. The number of halogens is 3. The third-order valence-electron chi connectivity index (χ3n) is 8.83. The summed E-state index contributed by atoms with van der Waals surface area (Å²) in [5.41, 5.74) is 1.42. The highest BCUT2D eigenvalue weighted by molar-refractivity contribution is 7.86.